The SMILES string of the molecule is CC/C=C/CCCCCCCC/C=C/O. The fraction of sp³-hybridized carbons (Fsp3) is 0.714. The average molecular weight is 210 g/mol. The maximum Gasteiger partial charge on any atom is 0.0751 e. The van der Waals surface area contributed by atoms with E-state index >= 15 is 0 Å². The summed E-state index contributed by atoms with van der Waals surface area (Å²) < 4.78 is 0. The van der Waals surface area contributed by atoms with E-state index in [2.05, 4.69) is 19.1 Å². The van der Waals surface area contributed by atoms with Gasteiger partial charge in [0.05, 0.1) is 6.26 Å². The molecule has 0 aliphatic heterocycles. The molecule has 0 atom stereocenters. The lowest BCUT2D eigenvalue weighted by Crippen LogP contribution is -1.79. The van der Waals surface area contributed by atoms with Gasteiger partial charge in [0.25, 0.3) is 0 Å². The molecule has 88 valence electrons. The Kier molecular flexibility index (Phi) is 12.6. The number of hydrogen-bond donors (Lipinski definition) is 1. The first-order chi connectivity index (χ1) is 7.41. The van der Waals surface area contributed by atoms with Gasteiger partial charge in [0.1, 0.15) is 0 Å². The summed E-state index contributed by atoms with van der Waals surface area (Å²) in [6.45, 7) is 2.18. The molecule has 0 aliphatic rings. The minimum Gasteiger partial charge on any atom is -0.516 e. The molecule has 1 nitrogen and oxygen atoms in total. The van der Waals surface area contributed by atoms with Gasteiger partial charge in [-0.3, -0.25) is 0 Å². The van der Waals surface area contributed by atoms with Gasteiger partial charge >= 0.3 is 0 Å². The van der Waals surface area contributed by atoms with E-state index in [1.165, 1.54) is 51.4 Å². The Morgan fingerprint density at radius 2 is 1.27 bits per heavy atom. The molecular formula is C14H26O. The van der Waals surface area contributed by atoms with Crippen molar-refractivity contribution in [1.29, 1.82) is 0 Å². The third kappa shape index (κ3) is 13.3. The molecular weight excluding hydrogens is 184 g/mol. The number of unbranched alkanes of at least 4 members (excludes halogenated alkanes) is 7. The summed E-state index contributed by atoms with van der Waals surface area (Å²) in [5.41, 5.74) is 0. The van der Waals surface area contributed by atoms with E-state index in [9.17, 15) is 0 Å². The van der Waals surface area contributed by atoms with E-state index in [1.807, 2.05) is 6.08 Å². The molecule has 0 unspecified atom stereocenters. The number of allylic oxidation sites excluding steroid dienone is 3. The second-order valence-corrected chi connectivity index (χ2v) is 3.96. The molecule has 0 aromatic carbocycles. The zero-order valence-corrected chi connectivity index (χ0v) is 10.1. The van der Waals surface area contributed by atoms with Crippen molar-refractivity contribution in [2.24, 2.45) is 0 Å². The summed E-state index contributed by atoms with van der Waals surface area (Å²) in [4.78, 5) is 0. The minimum absolute atomic E-state index is 1.02. The summed E-state index contributed by atoms with van der Waals surface area (Å²) in [5.74, 6) is 0. The van der Waals surface area contributed by atoms with E-state index in [0.717, 1.165) is 12.7 Å². The van der Waals surface area contributed by atoms with Gasteiger partial charge in [0.15, 0.2) is 0 Å². The van der Waals surface area contributed by atoms with Gasteiger partial charge in [-0.15, -0.1) is 0 Å². The molecule has 1 heteroatoms. The Morgan fingerprint density at radius 3 is 1.80 bits per heavy atom. The summed E-state index contributed by atoms with van der Waals surface area (Å²) in [5, 5.41) is 8.42. The highest BCUT2D eigenvalue weighted by Gasteiger charge is 1.89. The fourth-order valence-electron chi connectivity index (χ4n) is 1.59. The Labute approximate surface area is 94.9 Å². The molecule has 15 heavy (non-hydrogen) atoms. The smallest absolute Gasteiger partial charge is 0.0751 e. The van der Waals surface area contributed by atoms with Gasteiger partial charge in [0, 0.05) is 0 Å². The molecule has 0 radical (unpaired) electrons. The van der Waals surface area contributed by atoms with Crippen molar-refractivity contribution in [3.8, 4) is 0 Å². The van der Waals surface area contributed by atoms with Crippen molar-refractivity contribution in [1.82, 2.24) is 0 Å². The van der Waals surface area contributed by atoms with Gasteiger partial charge in [-0.2, -0.15) is 0 Å². The molecule has 0 aromatic rings. The lowest BCUT2D eigenvalue weighted by Gasteiger charge is -1.98. The van der Waals surface area contributed by atoms with Crippen molar-refractivity contribution in [3.63, 3.8) is 0 Å². The van der Waals surface area contributed by atoms with Crippen molar-refractivity contribution >= 4 is 0 Å². The number of aliphatic hydroxyl groups excluding tert-OH is 1. The van der Waals surface area contributed by atoms with Crippen LogP contribution in [0.25, 0.3) is 0 Å². The van der Waals surface area contributed by atoms with Crippen LogP contribution in [-0.4, -0.2) is 5.11 Å². The van der Waals surface area contributed by atoms with Gasteiger partial charge in [0.2, 0.25) is 0 Å². The second-order valence-electron chi connectivity index (χ2n) is 3.96. The van der Waals surface area contributed by atoms with E-state index in [1.54, 1.807) is 0 Å². The van der Waals surface area contributed by atoms with Crippen LogP contribution in [0.5, 0.6) is 0 Å². The Bertz CT molecular complexity index is 159. The lowest BCUT2D eigenvalue weighted by atomic mass is 10.1. The van der Waals surface area contributed by atoms with Gasteiger partial charge < -0.3 is 5.11 Å². The molecule has 0 saturated heterocycles. The normalized spacial score (nSPS) is 11.8. The maximum atomic E-state index is 8.42. The minimum atomic E-state index is 1.02. The summed E-state index contributed by atoms with van der Waals surface area (Å²) in [6, 6.07) is 0. The van der Waals surface area contributed by atoms with E-state index in [-0.39, 0.29) is 0 Å². The van der Waals surface area contributed by atoms with Crippen LogP contribution >= 0.6 is 0 Å². The summed E-state index contributed by atoms with van der Waals surface area (Å²) >= 11 is 0. The van der Waals surface area contributed by atoms with Crippen LogP contribution in [0, 0.1) is 0 Å². The second kappa shape index (κ2) is 13.3. The van der Waals surface area contributed by atoms with Crippen LogP contribution in [-0.2, 0) is 0 Å². The van der Waals surface area contributed by atoms with Crippen molar-refractivity contribution < 1.29 is 5.11 Å². The molecule has 0 fully saturated rings. The Morgan fingerprint density at radius 1 is 0.733 bits per heavy atom. The Balaban J connectivity index is 2.95. The Hall–Kier alpha value is -0.720. The predicted octanol–water partition coefficient (Wildman–Crippen LogP) is 5.15. The molecule has 0 rings (SSSR count). The number of hydrogen-bond acceptors (Lipinski definition) is 1. The van der Waals surface area contributed by atoms with E-state index in [0.29, 0.717) is 0 Å². The molecule has 0 saturated carbocycles. The highest BCUT2D eigenvalue weighted by molar-refractivity contribution is 4.79. The van der Waals surface area contributed by atoms with Crippen LogP contribution in [0.1, 0.15) is 64.7 Å². The lowest BCUT2D eigenvalue weighted by molar-refractivity contribution is 0.469. The first kappa shape index (κ1) is 14.3. The van der Waals surface area contributed by atoms with E-state index in [4.69, 9.17) is 5.11 Å². The molecule has 1 N–H and O–H groups in total. The third-order valence-corrected chi connectivity index (χ3v) is 2.50. The fourth-order valence-corrected chi connectivity index (χ4v) is 1.59. The quantitative estimate of drug-likeness (QED) is 0.300. The highest BCUT2D eigenvalue weighted by Crippen LogP contribution is 2.09. The number of aliphatic hydroxyl groups is 1. The number of rotatable bonds is 10. The molecule has 0 heterocycles. The summed E-state index contributed by atoms with van der Waals surface area (Å²) in [7, 11) is 0. The van der Waals surface area contributed by atoms with Crippen LogP contribution < -0.4 is 0 Å². The van der Waals surface area contributed by atoms with Gasteiger partial charge in [-0.25, -0.2) is 0 Å². The highest BCUT2D eigenvalue weighted by atomic mass is 16.2. The van der Waals surface area contributed by atoms with Crippen molar-refractivity contribution in [2.45, 2.75) is 64.7 Å². The molecule has 0 amide bonds. The zero-order chi connectivity index (χ0) is 11.2. The largest absolute Gasteiger partial charge is 0.516 e. The third-order valence-electron chi connectivity index (χ3n) is 2.50. The predicted molar refractivity (Wildman–Crippen MR) is 68.1 cm³/mol. The van der Waals surface area contributed by atoms with Crippen LogP contribution in [0.4, 0.5) is 0 Å². The average Bonchev–Trinajstić information content (AvgIpc) is 2.26. The standard InChI is InChI=1S/C14H26O/c1-2-3-4-5-6-7-8-9-10-11-12-13-14-15/h3-4,13-15H,2,5-12H2,1H3/b4-3+,14-13+. The first-order valence-corrected chi connectivity index (χ1v) is 6.36. The van der Waals surface area contributed by atoms with Crippen LogP contribution in [0.2, 0.25) is 0 Å². The van der Waals surface area contributed by atoms with E-state index < -0.39 is 0 Å². The zero-order valence-electron chi connectivity index (χ0n) is 10.1. The monoisotopic (exact) mass is 210 g/mol. The van der Waals surface area contributed by atoms with Gasteiger partial charge in [-0.05, 0) is 32.1 Å². The van der Waals surface area contributed by atoms with Crippen molar-refractivity contribution in [2.75, 3.05) is 0 Å². The first-order valence-electron chi connectivity index (χ1n) is 6.36. The molecule has 0 spiro atoms. The molecule has 0 aliphatic carbocycles. The maximum absolute atomic E-state index is 8.42. The van der Waals surface area contributed by atoms with Gasteiger partial charge in [-0.1, -0.05) is 50.8 Å². The molecule has 0 aromatic heterocycles. The van der Waals surface area contributed by atoms with Crippen molar-refractivity contribution in [3.05, 3.63) is 24.5 Å². The topological polar surface area (TPSA) is 20.2 Å². The van der Waals surface area contributed by atoms with Crippen LogP contribution in [0.3, 0.4) is 0 Å². The molecule has 0 bridgehead atoms. The van der Waals surface area contributed by atoms with Crippen LogP contribution in [0.15, 0.2) is 24.5 Å². The summed E-state index contributed by atoms with van der Waals surface area (Å²) in [6.07, 6.45) is 18.9.